The van der Waals surface area contributed by atoms with Gasteiger partial charge in [0.2, 0.25) is 0 Å². The average Bonchev–Trinajstić information content (AvgIpc) is 2.92. The first-order valence-corrected chi connectivity index (χ1v) is 5.43. The minimum Gasteiger partial charge on any atom is -0.463 e. The molecule has 0 aliphatic carbocycles. The lowest BCUT2D eigenvalue weighted by Gasteiger charge is -2.09. The summed E-state index contributed by atoms with van der Waals surface area (Å²) in [5.74, 6) is -1.66. The summed E-state index contributed by atoms with van der Waals surface area (Å²) in [6.07, 6.45) is 1.86. The lowest BCUT2D eigenvalue weighted by molar-refractivity contribution is -0.146. The van der Waals surface area contributed by atoms with Crippen molar-refractivity contribution in [2.24, 2.45) is 5.92 Å². The van der Waals surface area contributed by atoms with Gasteiger partial charge < -0.3 is 19.3 Å². The summed E-state index contributed by atoms with van der Waals surface area (Å²) < 4.78 is 14.6. The molecule has 0 aromatic heterocycles. The number of aliphatic hydroxyl groups is 1. The number of aliphatic hydroxyl groups excluding tert-OH is 1. The van der Waals surface area contributed by atoms with E-state index in [4.69, 9.17) is 9.47 Å². The van der Waals surface area contributed by atoms with E-state index in [1.54, 1.807) is 6.08 Å². The lowest BCUT2D eigenvalue weighted by Crippen LogP contribution is -2.26. The van der Waals surface area contributed by atoms with E-state index in [1.165, 1.54) is 6.08 Å². The average molecular weight is 242 g/mol. The molecule has 0 amide bonds. The van der Waals surface area contributed by atoms with E-state index < -0.39 is 24.0 Å². The standard InChI is InChI=1S/C11H14O6/c1-6-8(17-6)2-3-9(12)15-4-7-5-16-11(14)10(7)13/h2-3,6-8,10,13H,4-5H2,1H3/b3-2+/t6-,7-,8+,10-/m0/s1. The summed E-state index contributed by atoms with van der Waals surface area (Å²) in [5.41, 5.74) is 0. The van der Waals surface area contributed by atoms with Crippen LogP contribution >= 0.6 is 0 Å². The Labute approximate surface area is 98.1 Å². The molecule has 6 nitrogen and oxygen atoms in total. The first kappa shape index (κ1) is 12.1. The number of carbonyl (C=O) groups excluding carboxylic acids is 2. The molecule has 0 spiro atoms. The fraction of sp³-hybridized carbons (Fsp3) is 0.636. The third kappa shape index (κ3) is 3.04. The maximum absolute atomic E-state index is 11.3. The minimum atomic E-state index is -1.20. The number of esters is 2. The molecular formula is C11H14O6. The molecule has 0 aromatic carbocycles. The van der Waals surface area contributed by atoms with Crippen molar-refractivity contribution < 1.29 is 28.9 Å². The van der Waals surface area contributed by atoms with Crippen LogP contribution in [0.3, 0.4) is 0 Å². The quantitative estimate of drug-likeness (QED) is 0.403. The first-order chi connectivity index (χ1) is 8.08. The highest BCUT2D eigenvalue weighted by Gasteiger charge is 2.36. The molecule has 2 rings (SSSR count). The predicted octanol–water partition coefficient (Wildman–Crippen LogP) is -0.593. The maximum Gasteiger partial charge on any atom is 0.335 e. The van der Waals surface area contributed by atoms with E-state index in [2.05, 4.69) is 4.74 Å². The van der Waals surface area contributed by atoms with Crippen molar-refractivity contribution in [1.29, 1.82) is 0 Å². The maximum atomic E-state index is 11.3. The van der Waals surface area contributed by atoms with Crippen molar-refractivity contribution in [3.05, 3.63) is 12.2 Å². The van der Waals surface area contributed by atoms with Gasteiger partial charge in [-0.05, 0) is 13.0 Å². The van der Waals surface area contributed by atoms with Crippen LogP contribution in [0.1, 0.15) is 6.92 Å². The highest BCUT2D eigenvalue weighted by molar-refractivity contribution is 5.82. The molecule has 2 fully saturated rings. The summed E-state index contributed by atoms with van der Waals surface area (Å²) in [5, 5.41) is 9.33. The molecule has 2 heterocycles. The molecule has 17 heavy (non-hydrogen) atoms. The van der Waals surface area contributed by atoms with Crippen molar-refractivity contribution in [3.8, 4) is 0 Å². The summed E-state index contributed by atoms with van der Waals surface area (Å²) in [6, 6.07) is 0. The molecule has 2 aliphatic heterocycles. The second-order valence-corrected chi connectivity index (χ2v) is 4.13. The molecule has 0 radical (unpaired) electrons. The van der Waals surface area contributed by atoms with Crippen LogP contribution in [-0.2, 0) is 23.8 Å². The number of epoxide rings is 1. The Morgan fingerprint density at radius 1 is 1.65 bits per heavy atom. The molecule has 2 aliphatic rings. The van der Waals surface area contributed by atoms with Crippen molar-refractivity contribution in [2.75, 3.05) is 13.2 Å². The van der Waals surface area contributed by atoms with E-state index in [0.717, 1.165) is 0 Å². The topological polar surface area (TPSA) is 85.4 Å². The molecule has 0 bridgehead atoms. The molecular weight excluding hydrogens is 228 g/mol. The van der Waals surface area contributed by atoms with Crippen LogP contribution in [0.25, 0.3) is 0 Å². The summed E-state index contributed by atoms with van der Waals surface area (Å²) in [7, 11) is 0. The van der Waals surface area contributed by atoms with Crippen LogP contribution in [0.2, 0.25) is 0 Å². The minimum absolute atomic E-state index is 0.00969. The lowest BCUT2D eigenvalue weighted by atomic mass is 10.1. The van der Waals surface area contributed by atoms with Gasteiger partial charge in [0.15, 0.2) is 6.10 Å². The second-order valence-electron chi connectivity index (χ2n) is 4.13. The number of hydrogen-bond donors (Lipinski definition) is 1. The van der Waals surface area contributed by atoms with E-state index in [1.807, 2.05) is 6.92 Å². The van der Waals surface area contributed by atoms with Gasteiger partial charge >= 0.3 is 11.9 Å². The molecule has 2 saturated heterocycles. The Morgan fingerprint density at radius 2 is 2.35 bits per heavy atom. The van der Waals surface area contributed by atoms with Gasteiger partial charge in [-0.3, -0.25) is 0 Å². The van der Waals surface area contributed by atoms with Crippen LogP contribution in [0.4, 0.5) is 0 Å². The zero-order valence-corrected chi connectivity index (χ0v) is 9.37. The highest BCUT2D eigenvalue weighted by Crippen LogP contribution is 2.22. The van der Waals surface area contributed by atoms with Gasteiger partial charge in [-0.25, -0.2) is 9.59 Å². The normalized spacial score (nSPS) is 36.0. The van der Waals surface area contributed by atoms with Gasteiger partial charge in [0.05, 0.1) is 12.0 Å². The zero-order chi connectivity index (χ0) is 12.4. The van der Waals surface area contributed by atoms with Gasteiger partial charge in [-0.15, -0.1) is 0 Å². The molecule has 0 unspecified atom stereocenters. The fourth-order valence-corrected chi connectivity index (χ4v) is 1.51. The van der Waals surface area contributed by atoms with Crippen molar-refractivity contribution in [2.45, 2.75) is 25.2 Å². The molecule has 94 valence electrons. The molecule has 0 aromatic rings. The number of ether oxygens (including phenoxy) is 3. The first-order valence-electron chi connectivity index (χ1n) is 5.43. The Balaban J connectivity index is 1.69. The van der Waals surface area contributed by atoms with Crippen LogP contribution in [0, 0.1) is 5.92 Å². The van der Waals surface area contributed by atoms with Gasteiger partial charge in [-0.1, -0.05) is 0 Å². The third-order valence-electron chi connectivity index (χ3n) is 2.75. The monoisotopic (exact) mass is 242 g/mol. The number of cyclic esters (lactones) is 1. The van der Waals surface area contributed by atoms with E-state index >= 15 is 0 Å². The largest absolute Gasteiger partial charge is 0.463 e. The van der Waals surface area contributed by atoms with Gasteiger partial charge in [0, 0.05) is 6.08 Å². The van der Waals surface area contributed by atoms with E-state index in [9.17, 15) is 14.7 Å². The van der Waals surface area contributed by atoms with Crippen molar-refractivity contribution in [3.63, 3.8) is 0 Å². The molecule has 6 heteroatoms. The van der Waals surface area contributed by atoms with Crippen LogP contribution in [0.5, 0.6) is 0 Å². The molecule has 1 N–H and O–H groups in total. The third-order valence-corrected chi connectivity index (χ3v) is 2.75. The van der Waals surface area contributed by atoms with Crippen molar-refractivity contribution in [1.82, 2.24) is 0 Å². The summed E-state index contributed by atoms with van der Waals surface area (Å²) >= 11 is 0. The van der Waals surface area contributed by atoms with Crippen LogP contribution in [-0.4, -0.2) is 48.6 Å². The Bertz CT molecular complexity index is 350. The van der Waals surface area contributed by atoms with Gasteiger partial charge in [0.1, 0.15) is 19.3 Å². The van der Waals surface area contributed by atoms with Crippen molar-refractivity contribution >= 4 is 11.9 Å². The summed E-state index contributed by atoms with van der Waals surface area (Å²) in [6.45, 7) is 1.95. The summed E-state index contributed by atoms with van der Waals surface area (Å²) in [4.78, 5) is 22.1. The number of rotatable bonds is 4. The Hall–Kier alpha value is -1.40. The number of carbonyl (C=O) groups is 2. The molecule has 4 atom stereocenters. The smallest absolute Gasteiger partial charge is 0.335 e. The Morgan fingerprint density at radius 3 is 2.88 bits per heavy atom. The highest BCUT2D eigenvalue weighted by atomic mass is 16.6. The van der Waals surface area contributed by atoms with Crippen LogP contribution < -0.4 is 0 Å². The molecule has 0 saturated carbocycles. The number of hydrogen-bond acceptors (Lipinski definition) is 6. The fourth-order valence-electron chi connectivity index (χ4n) is 1.51. The van der Waals surface area contributed by atoms with Gasteiger partial charge in [-0.2, -0.15) is 0 Å². The van der Waals surface area contributed by atoms with E-state index in [-0.39, 0.29) is 25.4 Å². The van der Waals surface area contributed by atoms with Gasteiger partial charge in [0.25, 0.3) is 0 Å². The zero-order valence-electron chi connectivity index (χ0n) is 9.37. The second kappa shape index (κ2) is 4.85. The predicted molar refractivity (Wildman–Crippen MR) is 54.9 cm³/mol. The van der Waals surface area contributed by atoms with E-state index in [0.29, 0.717) is 0 Å². The Kier molecular flexibility index (Phi) is 3.44. The SMILES string of the molecule is C[C@@H]1O[C@@H]1/C=C/C(=O)OC[C@H]1COC(=O)[C@H]1O. The van der Waals surface area contributed by atoms with Crippen LogP contribution in [0.15, 0.2) is 12.2 Å².